The molecule has 0 radical (unpaired) electrons. The van der Waals surface area contributed by atoms with Gasteiger partial charge < -0.3 is 10.8 Å². The summed E-state index contributed by atoms with van der Waals surface area (Å²) in [4.78, 5) is 0. The minimum Gasteiger partial charge on any atom is -0.310 e. The summed E-state index contributed by atoms with van der Waals surface area (Å²) in [6.07, 6.45) is 1.78. The van der Waals surface area contributed by atoms with Gasteiger partial charge in [-0.2, -0.15) is 0 Å². The molecule has 0 saturated carbocycles. The lowest BCUT2D eigenvalue weighted by Gasteiger charge is -2.07. The topological polar surface area (TPSA) is 47.7 Å². The molecule has 2 heteroatoms. The summed E-state index contributed by atoms with van der Waals surface area (Å²) in [5, 5.41) is 14.4. The number of hydrogen-bond acceptors (Lipinski definition) is 2. The van der Waals surface area contributed by atoms with Crippen LogP contribution in [0.3, 0.4) is 0 Å². The van der Waals surface area contributed by atoms with E-state index in [2.05, 4.69) is 0 Å². The minimum atomic E-state index is 0.347. The zero-order valence-electron chi connectivity index (χ0n) is 6.99. The van der Waals surface area contributed by atoms with Crippen molar-refractivity contribution in [2.24, 2.45) is 5.92 Å². The second-order valence-corrected chi connectivity index (χ2v) is 2.90. The quantitative estimate of drug-likeness (QED) is 0.564. The van der Waals surface area contributed by atoms with E-state index in [1.54, 1.807) is 0 Å². The Hall–Kier alpha value is -0.660. The third kappa shape index (κ3) is 4.24. The zero-order chi connectivity index (χ0) is 8.15. The molecule has 2 N–H and O–H groups in total. The number of hydrogen-bond donors (Lipinski definition) is 2. The van der Waals surface area contributed by atoms with E-state index in [0.29, 0.717) is 11.6 Å². The zero-order valence-corrected chi connectivity index (χ0v) is 6.99. The number of rotatable bonds is 4. The van der Waals surface area contributed by atoms with Gasteiger partial charge in [-0.3, -0.25) is 0 Å². The van der Waals surface area contributed by atoms with Gasteiger partial charge in [0.1, 0.15) is 0 Å². The first-order valence-electron chi connectivity index (χ1n) is 3.63. The molecule has 0 aliphatic rings. The molecular weight excluding hydrogens is 124 g/mol. The molecule has 0 spiro atoms. The lowest BCUT2D eigenvalue weighted by molar-refractivity contribution is 0.698. The van der Waals surface area contributed by atoms with Crippen LogP contribution < -0.4 is 0 Å². The first-order chi connectivity index (χ1) is 4.54. The van der Waals surface area contributed by atoms with Crippen LogP contribution in [0.25, 0.3) is 0 Å². The largest absolute Gasteiger partial charge is 0.310 e. The van der Waals surface area contributed by atoms with Crippen LogP contribution in [0, 0.1) is 16.7 Å². The molecule has 0 aromatic heterocycles. The van der Waals surface area contributed by atoms with E-state index in [0.717, 1.165) is 18.6 Å². The average Bonchev–Trinajstić information content (AvgIpc) is 1.82. The Kier molecular flexibility index (Phi) is 3.93. The van der Waals surface area contributed by atoms with E-state index >= 15 is 0 Å². The lowest BCUT2D eigenvalue weighted by Crippen LogP contribution is -2.06. The highest BCUT2D eigenvalue weighted by Crippen LogP contribution is 2.06. The molecular formula is C8H16N2. The Balaban J connectivity index is 3.49. The smallest absolute Gasteiger partial charge is 0.00864 e. The molecule has 0 amide bonds. The van der Waals surface area contributed by atoms with Crippen molar-refractivity contribution in [1.82, 2.24) is 0 Å². The fourth-order valence-corrected chi connectivity index (χ4v) is 0.650. The van der Waals surface area contributed by atoms with E-state index in [9.17, 15) is 0 Å². The Labute approximate surface area is 62.7 Å². The third-order valence-corrected chi connectivity index (χ3v) is 1.69. The third-order valence-electron chi connectivity index (χ3n) is 1.69. The summed E-state index contributed by atoms with van der Waals surface area (Å²) in [6, 6.07) is 0. The summed E-state index contributed by atoms with van der Waals surface area (Å²) < 4.78 is 0. The van der Waals surface area contributed by atoms with Gasteiger partial charge in [-0.1, -0.05) is 6.92 Å². The molecule has 1 atom stereocenters. The first-order valence-corrected chi connectivity index (χ1v) is 3.63. The van der Waals surface area contributed by atoms with Crippen LogP contribution in [0.15, 0.2) is 0 Å². The molecule has 58 valence electrons. The van der Waals surface area contributed by atoms with Crippen molar-refractivity contribution in [3.05, 3.63) is 0 Å². The fraction of sp³-hybridized carbons (Fsp3) is 0.750. The van der Waals surface area contributed by atoms with Crippen LogP contribution in [-0.2, 0) is 0 Å². The fourth-order valence-electron chi connectivity index (χ4n) is 0.650. The van der Waals surface area contributed by atoms with Gasteiger partial charge >= 0.3 is 0 Å². The van der Waals surface area contributed by atoms with Crippen molar-refractivity contribution in [2.75, 3.05) is 0 Å². The van der Waals surface area contributed by atoms with Crippen LogP contribution in [0.2, 0.25) is 0 Å². The van der Waals surface area contributed by atoms with Crippen molar-refractivity contribution < 1.29 is 0 Å². The molecule has 10 heavy (non-hydrogen) atoms. The Morgan fingerprint density at radius 2 is 1.80 bits per heavy atom. The molecule has 0 bridgehead atoms. The van der Waals surface area contributed by atoms with E-state index in [1.165, 1.54) is 0 Å². The molecule has 0 aromatic carbocycles. The molecule has 0 rings (SSSR count). The van der Waals surface area contributed by atoms with E-state index < -0.39 is 0 Å². The van der Waals surface area contributed by atoms with Gasteiger partial charge in [0, 0.05) is 11.4 Å². The average molecular weight is 140 g/mol. The Morgan fingerprint density at radius 3 is 2.10 bits per heavy atom. The van der Waals surface area contributed by atoms with E-state index in [1.807, 2.05) is 20.8 Å². The SMILES string of the molecule is CC(=N)CCC(C)C(C)=N. The monoisotopic (exact) mass is 140 g/mol. The summed E-state index contributed by atoms with van der Waals surface area (Å²) in [7, 11) is 0. The summed E-state index contributed by atoms with van der Waals surface area (Å²) in [5.74, 6) is 0.347. The van der Waals surface area contributed by atoms with Gasteiger partial charge in [-0.05, 0) is 32.6 Å². The van der Waals surface area contributed by atoms with Crippen LogP contribution >= 0.6 is 0 Å². The van der Waals surface area contributed by atoms with Gasteiger partial charge in [0.25, 0.3) is 0 Å². The highest BCUT2D eigenvalue weighted by atomic mass is 14.4. The van der Waals surface area contributed by atoms with Crippen LogP contribution in [0.4, 0.5) is 0 Å². The first kappa shape index (κ1) is 9.34. The maximum atomic E-state index is 7.27. The summed E-state index contributed by atoms with van der Waals surface area (Å²) >= 11 is 0. The predicted molar refractivity (Wildman–Crippen MR) is 45.2 cm³/mol. The lowest BCUT2D eigenvalue weighted by atomic mass is 10.00. The van der Waals surface area contributed by atoms with Gasteiger partial charge in [-0.25, -0.2) is 0 Å². The van der Waals surface area contributed by atoms with Crippen molar-refractivity contribution in [3.8, 4) is 0 Å². The summed E-state index contributed by atoms with van der Waals surface area (Å²) in [5.41, 5.74) is 1.44. The second-order valence-electron chi connectivity index (χ2n) is 2.90. The van der Waals surface area contributed by atoms with Crippen molar-refractivity contribution in [3.63, 3.8) is 0 Å². The maximum Gasteiger partial charge on any atom is 0.00864 e. The van der Waals surface area contributed by atoms with Gasteiger partial charge in [-0.15, -0.1) is 0 Å². The molecule has 0 aliphatic carbocycles. The molecule has 0 fully saturated rings. The Bertz CT molecular complexity index is 138. The molecule has 2 nitrogen and oxygen atoms in total. The summed E-state index contributed by atoms with van der Waals surface area (Å²) in [6.45, 7) is 5.67. The normalized spacial score (nSPS) is 12.7. The minimum absolute atomic E-state index is 0.347. The van der Waals surface area contributed by atoms with Crippen LogP contribution in [-0.4, -0.2) is 11.4 Å². The molecule has 0 saturated heterocycles. The van der Waals surface area contributed by atoms with Crippen LogP contribution in [0.5, 0.6) is 0 Å². The Morgan fingerprint density at radius 1 is 1.30 bits per heavy atom. The second kappa shape index (κ2) is 4.20. The van der Waals surface area contributed by atoms with Gasteiger partial charge in [0.2, 0.25) is 0 Å². The molecule has 1 unspecified atom stereocenters. The molecule has 0 aliphatic heterocycles. The number of nitrogens with one attached hydrogen (secondary N) is 2. The van der Waals surface area contributed by atoms with Crippen molar-refractivity contribution in [2.45, 2.75) is 33.6 Å². The van der Waals surface area contributed by atoms with E-state index in [-0.39, 0.29) is 0 Å². The van der Waals surface area contributed by atoms with Crippen molar-refractivity contribution in [1.29, 1.82) is 10.8 Å². The molecule has 0 aromatic rings. The van der Waals surface area contributed by atoms with Gasteiger partial charge in [0.15, 0.2) is 0 Å². The highest BCUT2D eigenvalue weighted by molar-refractivity contribution is 5.82. The highest BCUT2D eigenvalue weighted by Gasteiger charge is 2.03. The standard InChI is InChI=1S/C8H16N2/c1-6(8(3)10)4-5-7(2)9/h6,9-10H,4-5H2,1-3H3. The van der Waals surface area contributed by atoms with Crippen LogP contribution in [0.1, 0.15) is 33.6 Å². The predicted octanol–water partition coefficient (Wildman–Crippen LogP) is 2.48. The maximum absolute atomic E-state index is 7.27. The van der Waals surface area contributed by atoms with E-state index in [4.69, 9.17) is 10.8 Å². The van der Waals surface area contributed by atoms with Gasteiger partial charge in [0.05, 0.1) is 0 Å². The molecule has 0 heterocycles. The van der Waals surface area contributed by atoms with Crippen molar-refractivity contribution >= 4 is 11.4 Å².